The lowest BCUT2D eigenvalue weighted by atomic mass is 10.0. The molecule has 0 bridgehead atoms. The molecule has 0 heterocycles. The lowest BCUT2D eigenvalue weighted by Crippen LogP contribution is -2.22. The van der Waals surface area contributed by atoms with Gasteiger partial charge in [-0.1, -0.05) is 66.2 Å². The van der Waals surface area contributed by atoms with E-state index in [0.717, 1.165) is 16.7 Å². The summed E-state index contributed by atoms with van der Waals surface area (Å²) in [4.78, 5) is 24.1. The highest BCUT2D eigenvalue weighted by atomic mass is 35.5. The maximum atomic E-state index is 12.1. The summed E-state index contributed by atoms with van der Waals surface area (Å²) < 4.78 is 10.2. The average Bonchev–Trinajstić information content (AvgIpc) is 2.74. The monoisotopic (exact) mass is 409 g/mol. The van der Waals surface area contributed by atoms with Crippen LogP contribution in [0.3, 0.4) is 0 Å². The van der Waals surface area contributed by atoms with Gasteiger partial charge in [-0.15, -0.1) is 0 Å². The predicted octanol–water partition coefficient (Wildman–Crippen LogP) is 4.74. The van der Waals surface area contributed by atoms with Crippen LogP contribution >= 0.6 is 11.6 Å². The van der Waals surface area contributed by atoms with Crippen LogP contribution in [-0.2, 0) is 20.7 Å². The fraction of sp³-hybridized carbons (Fsp3) is 0.130. The molecule has 0 atom stereocenters. The van der Waals surface area contributed by atoms with Crippen molar-refractivity contribution in [1.29, 1.82) is 0 Å². The molecule has 0 fully saturated rings. The summed E-state index contributed by atoms with van der Waals surface area (Å²) in [7, 11) is 1.49. The van der Waals surface area contributed by atoms with Gasteiger partial charge in [-0.25, -0.2) is 0 Å². The van der Waals surface area contributed by atoms with Gasteiger partial charge in [0.1, 0.15) is 5.75 Å². The van der Waals surface area contributed by atoms with Crippen LogP contribution in [0.5, 0.6) is 5.75 Å². The number of nitrogens with one attached hydrogen (secondary N) is 1. The highest BCUT2D eigenvalue weighted by molar-refractivity contribution is 6.31. The van der Waals surface area contributed by atoms with Crippen LogP contribution in [0.15, 0.2) is 72.8 Å². The summed E-state index contributed by atoms with van der Waals surface area (Å²) in [6.07, 6.45) is 0.0861. The van der Waals surface area contributed by atoms with Crippen LogP contribution in [0.1, 0.15) is 5.56 Å². The number of rotatable bonds is 7. The van der Waals surface area contributed by atoms with Gasteiger partial charge >= 0.3 is 5.97 Å². The van der Waals surface area contributed by atoms with Crippen molar-refractivity contribution in [2.24, 2.45) is 0 Å². The van der Waals surface area contributed by atoms with E-state index in [2.05, 4.69) is 5.32 Å². The van der Waals surface area contributed by atoms with Gasteiger partial charge in [0.2, 0.25) is 0 Å². The summed E-state index contributed by atoms with van der Waals surface area (Å²) >= 11 is 5.93. The number of methoxy groups -OCH3 is 1. The van der Waals surface area contributed by atoms with Crippen molar-refractivity contribution in [3.05, 3.63) is 83.4 Å². The summed E-state index contributed by atoms with van der Waals surface area (Å²) in [5.74, 6) is -0.489. The fourth-order valence-corrected chi connectivity index (χ4v) is 2.95. The molecule has 0 saturated heterocycles. The van der Waals surface area contributed by atoms with Crippen LogP contribution in [0, 0.1) is 0 Å². The molecule has 148 valence electrons. The van der Waals surface area contributed by atoms with Crippen LogP contribution in [0.2, 0.25) is 5.02 Å². The van der Waals surface area contributed by atoms with E-state index >= 15 is 0 Å². The topological polar surface area (TPSA) is 64.6 Å². The van der Waals surface area contributed by atoms with Gasteiger partial charge in [0.25, 0.3) is 5.91 Å². The molecule has 0 aromatic heterocycles. The number of amides is 1. The number of hydrogen-bond acceptors (Lipinski definition) is 4. The molecule has 1 N–H and O–H groups in total. The minimum atomic E-state index is -0.481. The van der Waals surface area contributed by atoms with Crippen molar-refractivity contribution >= 4 is 29.2 Å². The van der Waals surface area contributed by atoms with E-state index in [9.17, 15) is 9.59 Å². The lowest BCUT2D eigenvalue weighted by molar-refractivity contribution is -0.146. The summed E-state index contributed by atoms with van der Waals surface area (Å²) in [6.45, 7) is -0.392. The maximum Gasteiger partial charge on any atom is 0.310 e. The molecule has 0 aliphatic rings. The Bertz CT molecular complexity index is 988. The van der Waals surface area contributed by atoms with Crippen molar-refractivity contribution in [1.82, 2.24) is 0 Å². The number of carbonyl (C=O) groups excluding carboxylic acids is 2. The first-order valence-corrected chi connectivity index (χ1v) is 9.36. The van der Waals surface area contributed by atoms with Crippen LogP contribution in [-0.4, -0.2) is 25.6 Å². The van der Waals surface area contributed by atoms with Gasteiger partial charge in [0.15, 0.2) is 6.61 Å². The molecule has 3 rings (SSSR count). The molecule has 0 aliphatic heterocycles. The highest BCUT2D eigenvalue weighted by Crippen LogP contribution is 2.27. The quantitative estimate of drug-likeness (QED) is 0.572. The smallest absolute Gasteiger partial charge is 0.310 e. The van der Waals surface area contributed by atoms with E-state index in [1.165, 1.54) is 7.11 Å². The molecule has 1 amide bonds. The summed E-state index contributed by atoms with van der Waals surface area (Å²) in [6, 6.07) is 22.5. The second-order valence-corrected chi connectivity index (χ2v) is 6.73. The first kappa shape index (κ1) is 20.4. The molecule has 6 heteroatoms. The minimum absolute atomic E-state index is 0.0861. The van der Waals surface area contributed by atoms with Gasteiger partial charge in [-0.2, -0.15) is 0 Å². The Morgan fingerprint density at radius 3 is 2.31 bits per heavy atom. The van der Waals surface area contributed by atoms with E-state index in [1.54, 1.807) is 18.2 Å². The van der Waals surface area contributed by atoms with Crippen molar-refractivity contribution in [2.45, 2.75) is 6.42 Å². The Balaban J connectivity index is 1.51. The third-order valence-corrected chi connectivity index (χ3v) is 4.44. The van der Waals surface area contributed by atoms with Gasteiger partial charge in [0.05, 0.1) is 19.2 Å². The second-order valence-electron chi connectivity index (χ2n) is 6.29. The number of carbonyl (C=O) groups is 2. The Morgan fingerprint density at radius 2 is 1.62 bits per heavy atom. The van der Waals surface area contributed by atoms with Crippen LogP contribution < -0.4 is 10.1 Å². The molecule has 0 radical (unpaired) electrons. The second kappa shape index (κ2) is 9.75. The molecule has 0 aliphatic carbocycles. The number of anilines is 1. The summed E-state index contributed by atoms with van der Waals surface area (Å²) in [5, 5.41) is 3.08. The number of benzene rings is 3. The summed E-state index contributed by atoms with van der Waals surface area (Å²) in [5.41, 5.74) is 3.40. The number of esters is 1. The normalized spacial score (nSPS) is 10.3. The molecule has 3 aromatic carbocycles. The zero-order valence-corrected chi connectivity index (χ0v) is 16.6. The Morgan fingerprint density at radius 1 is 0.931 bits per heavy atom. The number of ether oxygens (including phenoxy) is 2. The first-order valence-electron chi connectivity index (χ1n) is 8.98. The van der Waals surface area contributed by atoms with Crippen molar-refractivity contribution in [2.75, 3.05) is 19.0 Å². The zero-order valence-electron chi connectivity index (χ0n) is 15.9. The van der Waals surface area contributed by atoms with E-state index in [1.807, 2.05) is 54.6 Å². The first-order chi connectivity index (χ1) is 14.0. The maximum absolute atomic E-state index is 12.1. The lowest BCUT2D eigenvalue weighted by Gasteiger charge is -2.11. The predicted molar refractivity (Wildman–Crippen MR) is 113 cm³/mol. The van der Waals surface area contributed by atoms with Crippen LogP contribution in [0.25, 0.3) is 11.1 Å². The van der Waals surface area contributed by atoms with Gasteiger partial charge < -0.3 is 14.8 Å². The molecular weight excluding hydrogens is 390 g/mol. The van der Waals surface area contributed by atoms with Crippen molar-refractivity contribution < 1.29 is 19.1 Å². The van der Waals surface area contributed by atoms with E-state index in [4.69, 9.17) is 21.1 Å². The Labute approximate surface area is 174 Å². The van der Waals surface area contributed by atoms with E-state index < -0.39 is 18.5 Å². The fourth-order valence-electron chi connectivity index (χ4n) is 2.77. The van der Waals surface area contributed by atoms with Gasteiger partial charge in [-0.3, -0.25) is 9.59 Å². The standard InChI is InChI=1S/C23H20ClNO4/c1-28-21-12-11-19(24)14-20(21)25-22(26)15-29-23(27)13-16-7-9-18(10-8-16)17-5-3-2-4-6-17/h2-12,14H,13,15H2,1H3,(H,25,26). The molecular formula is C23H20ClNO4. The average molecular weight is 410 g/mol. The molecule has 29 heavy (non-hydrogen) atoms. The van der Waals surface area contributed by atoms with E-state index in [0.29, 0.717) is 16.5 Å². The molecule has 0 spiro atoms. The minimum Gasteiger partial charge on any atom is -0.495 e. The number of halogens is 1. The van der Waals surface area contributed by atoms with Gasteiger partial charge in [0, 0.05) is 5.02 Å². The molecule has 0 unspecified atom stereocenters. The Hall–Kier alpha value is -3.31. The molecule has 5 nitrogen and oxygen atoms in total. The zero-order chi connectivity index (χ0) is 20.6. The molecule has 0 saturated carbocycles. The highest BCUT2D eigenvalue weighted by Gasteiger charge is 2.12. The van der Waals surface area contributed by atoms with Crippen molar-refractivity contribution in [3.8, 4) is 16.9 Å². The largest absolute Gasteiger partial charge is 0.495 e. The third-order valence-electron chi connectivity index (χ3n) is 4.21. The van der Waals surface area contributed by atoms with Gasteiger partial charge in [-0.05, 0) is 34.9 Å². The number of hydrogen-bond donors (Lipinski definition) is 1. The van der Waals surface area contributed by atoms with Crippen molar-refractivity contribution in [3.63, 3.8) is 0 Å². The SMILES string of the molecule is COc1ccc(Cl)cc1NC(=O)COC(=O)Cc1ccc(-c2ccccc2)cc1. The van der Waals surface area contributed by atoms with E-state index in [-0.39, 0.29) is 6.42 Å². The molecule has 3 aromatic rings. The van der Waals surface area contributed by atoms with Crippen LogP contribution in [0.4, 0.5) is 5.69 Å². The third kappa shape index (κ3) is 5.83. The Kier molecular flexibility index (Phi) is 6.87.